The summed E-state index contributed by atoms with van der Waals surface area (Å²) in [5, 5.41) is 12.1. The van der Waals surface area contributed by atoms with E-state index in [0.717, 1.165) is 25.7 Å². The van der Waals surface area contributed by atoms with Gasteiger partial charge in [0.1, 0.15) is 5.41 Å². The Labute approximate surface area is 104 Å². The second-order valence-electron chi connectivity index (χ2n) is 4.54. The van der Waals surface area contributed by atoms with Crippen molar-refractivity contribution in [3.05, 3.63) is 0 Å². The van der Waals surface area contributed by atoms with E-state index in [9.17, 15) is 10.1 Å². The molecule has 0 saturated heterocycles. The first kappa shape index (κ1) is 13.6. The number of hydrogen-bond acceptors (Lipinski definition) is 2. The van der Waals surface area contributed by atoms with Gasteiger partial charge in [-0.25, -0.2) is 0 Å². The van der Waals surface area contributed by atoms with Crippen LogP contribution in [0.2, 0.25) is 0 Å². The van der Waals surface area contributed by atoms with Gasteiger partial charge in [-0.05, 0) is 19.8 Å². The van der Waals surface area contributed by atoms with Gasteiger partial charge in [-0.15, -0.1) is 11.8 Å². The van der Waals surface area contributed by atoms with Crippen LogP contribution in [0.1, 0.15) is 51.9 Å². The molecule has 17 heavy (non-hydrogen) atoms. The summed E-state index contributed by atoms with van der Waals surface area (Å²) in [7, 11) is 0. The van der Waals surface area contributed by atoms with E-state index in [0.29, 0.717) is 25.8 Å². The molecule has 0 bridgehead atoms. The van der Waals surface area contributed by atoms with Crippen LogP contribution in [0.5, 0.6) is 0 Å². The molecule has 1 amide bonds. The Hall–Kier alpha value is -1.48. The van der Waals surface area contributed by atoms with Crippen molar-refractivity contribution in [2.45, 2.75) is 51.9 Å². The molecule has 0 spiro atoms. The Kier molecular flexibility index (Phi) is 5.57. The SMILES string of the molecule is CC#CCCNC(=O)C1(C#N)CCCCCC1. The third-order valence-corrected chi connectivity index (χ3v) is 3.32. The average Bonchev–Trinajstić information content (AvgIpc) is 2.60. The number of nitrogens with one attached hydrogen (secondary N) is 1. The summed E-state index contributed by atoms with van der Waals surface area (Å²) < 4.78 is 0. The lowest BCUT2D eigenvalue weighted by Gasteiger charge is -2.23. The van der Waals surface area contributed by atoms with Crippen LogP contribution in [-0.4, -0.2) is 12.5 Å². The summed E-state index contributed by atoms with van der Waals surface area (Å²) in [5.74, 6) is 5.59. The Morgan fingerprint density at radius 3 is 2.47 bits per heavy atom. The Bertz CT molecular complexity index is 349. The van der Waals surface area contributed by atoms with Gasteiger partial charge in [0.2, 0.25) is 5.91 Å². The molecule has 3 heteroatoms. The van der Waals surface area contributed by atoms with Gasteiger partial charge < -0.3 is 5.32 Å². The number of nitriles is 1. The average molecular weight is 232 g/mol. The van der Waals surface area contributed by atoms with Crippen LogP contribution < -0.4 is 5.32 Å². The van der Waals surface area contributed by atoms with E-state index in [1.807, 2.05) is 0 Å². The molecule has 1 saturated carbocycles. The molecular weight excluding hydrogens is 212 g/mol. The van der Waals surface area contributed by atoms with Crippen molar-refractivity contribution in [2.24, 2.45) is 5.41 Å². The molecule has 0 atom stereocenters. The van der Waals surface area contributed by atoms with Crippen molar-refractivity contribution in [3.63, 3.8) is 0 Å². The molecule has 0 aromatic heterocycles. The highest BCUT2D eigenvalue weighted by Crippen LogP contribution is 2.34. The first-order valence-corrected chi connectivity index (χ1v) is 6.34. The van der Waals surface area contributed by atoms with Crippen LogP contribution in [0, 0.1) is 28.6 Å². The summed E-state index contributed by atoms with van der Waals surface area (Å²) in [4.78, 5) is 12.1. The minimum Gasteiger partial charge on any atom is -0.354 e. The molecule has 0 unspecified atom stereocenters. The monoisotopic (exact) mass is 232 g/mol. The van der Waals surface area contributed by atoms with E-state index >= 15 is 0 Å². The second-order valence-corrected chi connectivity index (χ2v) is 4.54. The van der Waals surface area contributed by atoms with E-state index in [-0.39, 0.29) is 5.91 Å². The molecule has 0 aromatic rings. The molecule has 1 fully saturated rings. The van der Waals surface area contributed by atoms with E-state index in [1.165, 1.54) is 0 Å². The van der Waals surface area contributed by atoms with Crippen LogP contribution in [0.15, 0.2) is 0 Å². The molecule has 1 aliphatic rings. The first-order valence-electron chi connectivity index (χ1n) is 6.34. The zero-order chi connectivity index (χ0) is 12.6. The van der Waals surface area contributed by atoms with Crippen molar-refractivity contribution >= 4 is 5.91 Å². The van der Waals surface area contributed by atoms with Gasteiger partial charge in [-0.3, -0.25) is 4.79 Å². The third kappa shape index (κ3) is 3.79. The maximum Gasteiger partial charge on any atom is 0.240 e. The predicted molar refractivity (Wildman–Crippen MR) is 66.8 cm³/mol. The van der Waals surface area contributed by atoms with Crippen LogP contribution in [0.25, 0.3) is 0 Å². The fraction of sp³-hybridized carbons (Fsp3) is 0.714. The lowest BCUT2D eigenvalue weighted by Crippen LogP contribution is -2.40. The lowest BCUT2D eigenvalue weighted by atomic mass is 9.81. The standard InChI is InChI=1S/C14H20N2O/c1-2-3-8-11-16-13(17)14(12-15)9-6-4-5-7-10-14/h4-11H2,1H3,(H,16,17). The number of hydrogen-bond donors (Lipinski definition) is 1. The zero-order valence-corrected chi connectivity index (χ0v) is 10.5. The molecule has 1 N–H and O–H groups in total. The second kappa shape index (κ2) is 6.97. The number of nitrogens with zero attached hydrogens (tertiary/aromatic N) is 1. The highest BCUT2D eigenvalue weighted by molar-refractivity contribution is 5.85. The number of carbonyl (C=O) groups is 1. The van der Waals surface area contributed by atoms with Gasteiger partial charge >= 0.3 is 0 Å². The minimum absolute atomic E-state index is 0.0974. The third-order valence-electron chi connectivity index (χ3n) is 3.32. The number of carbonyl (C=O) groups excluding carboxylic acids is 1. The Morgan fingerprint density at radius 1 is 1.29 bits per heavy atom. The normalized spacial score (nSPS) is 18.1. The molecule has 1 rings (SSSR count). The van der Waals surface area contributed by atoms with Gasteiger partial charge in [0.25, 0.3) is 0 Å². The zero-order valence-electron chi connectivity index (χ0n) is 10.5. The van der Waals surface area contributed by atoms with Gasteiger partial charge in [0.15, 0.2) is 0 Å². The lowest BCUT2D eigenvalue weighted by molar-refractivity contribution is -0.128. The van der Waals surface area contributed by atoms with E-state index < -0.39 is 5.41 Å². The molecule has 1 aliphatic carbocycles. The Morgan fingerprint density at radius 2 is 1.94 bits per heavy atom. The van der Waals surface area contributed by atoms with Gasteiger partial charge in [0, 0.05) is 13.0 Å². The molecule has 92 valence electrons. The number of amides is 1. The van der Waals surface area contributed by atoms with E-state index in [2.05, 4.69) is 23.2 Å². The van der Waals surface area contributed by atoms with Crippen molar-refractivity contribution in [1.82, 2.24) is 5.32 Å². The predicted octanol–water partition coefficient (Wildman–Crippen LogP) is 2.38. The summed E-state index contributed by atoms with van der Waals surface area (Å²) >= 11 is 0. The number of rotatable bonds is 3. The van der Waals surface area contributed by atoms with Crippen molar-refractivity contribution in [1.29, 1.82) is 5.26 Å². The van der Waals surface area contributed by atoms with Gasteiger partial charge in [0.05, 0.1) is 6.07 Å². The maximum absolute atomic E-state index is 12.1. The van der Waals surface area contributed by atoms with Crippen LogP contribution in [-0.2, 0) is 4.79 Å². The minimum atomic E-state index is -0.782. The fourth-order valence-electron chi connectivity index (χ4n) is 2.25. The first-order chi connectivity index (χ1) is 8.25. The molecule has 0 aromatic carbocycles. The molecule has 3 nitrogen and oxygen atoms in total. The molecular formula is C14H20N2O. The topological polar surface area (TPSA) is 52.9 Å². The molecule has 0 radical (unpaired) electrons. The summed E-state index contributed by atoms with van der Waals surface area (Å²) in [6, 6.07) is 2.25. The van der Waals surface area contributed by atoms with Gasteiger partial charge in [-0.1, -0.05) is 25.7 Å². The fourth-order valence-corrected chi connectivity index (χ4v) is 2.25. The van der Waals surface area contributed by atoms with Crippen molar-refractivity contribution < 1.29 is 4.79 Å². The highest BCUT2D eigenvalue weighted by atomic mass is 16.2. The highest BCUT2D eigenvalue weighted by Gasteiger charge is 2.38. The van der Waals surface area contributed by atoms with Crippen LogP contribution in [0.3, 0.4) is 0 Å². The summed E-state index contributed by atoms with van der Waals surface area (Å²) in [6.07, 6.45) is 6.30. The van der Waals surface area contributed by atoms with Crippen molar-refractivity contribution in [2.75, 3.05) is 6.54 Å². The van der Waals surface area contributed by atoms with Crippen LogP contribution in [0.4, 0.5) is 0 Å². The quantitative estimate of drug-likeness (QED) is 0.461. The van der Waals surface area contributed by atoms with E-state index in [1.54, 1.807) is 6.92 Å². The van der Waals surface area contributed by atoms with Crippen LogP contribution >= 0.6 is 0 Å². The Balaban J connectivity index is 2.55. The largest absolute Gasteiger partial charge is 0.354 e. The smallest absolute Gasteiger partial charge is 0.240 e. The van der Waals surface area contributed by atoms with Crippen molar-refractivity contribution in [3.8, 4) is 17.9 Å². The summed E-state index contributed by atoms with van der Waals surface area (Å²) in [5.41, 5.74) is -0.782. The molecule has 0 heterocycles. The van der Waals surface area contributed by atoms with E-state index in [4.69, 9.17) is 0 Å². The maximum atomic E-state index is 12.1. The molecule has 0 aliphatic heterocycles. The van der Waals surface area contributed by atoms with Gasteiger partial charge in [-0.2, -0.15) is 5.26 Å². The summed E-state index contributed by atoms with van der Waals surface area (Å²) in [6.45, 7) is 2.33.